The molecule has 0 saturated heterocycles. The lowest BCUT2D eigenvalue weighted by Crippen LogP contribution is -1.97. The van der Waals surface area contributed by atoms with E-state index in [1.807, 2.05) is 25.1 Å². The Hall–Kier alpha value is -1.85. The van der Waals surface area contributed by atoms with Gasteiger partial charge in [-0.3, -0.25) is 5.43 Å². The van der Waals surface area contributed by atoms with Crippen molar-refractivity contribution in [1.82, 2.24) is 0 Å². The minimum atomic E-state index is -0.200. The first kappa shape index (κ1) is 11.2. The van der Waals surface area contributed by atoms with Crippen LogP contribution in [0.3, 0.4) is 0 Å². The maximum atomic E-state index is 8.48. The summed E-state index contributed by atoms with van der Waals surface area (Å²) < 4.78 is 0.943. The van der Waals surface area contributed by atoms with Crippen molar-refractivity contribution >= 4 is 27.3 Å². The molecule has 0 bridgehead atoms. The van der Waals surface area contributed by atoms with Crippen LogP contribution < -0.4 is 5.43 Å². The van der Waals surface area contributed by atoms with Gasteiger partial charge in [0.25, 0.3) is 0 Å². The third-order valence-electron chi connectivity index (χ3n) is 1.77. The number of anilines is 1. The highest BCUT2D eigenvalue weighted by molar-refractivity contribution is 9.10. The number of rotatable bonds is 2. The van der Waals surface area contributed by atoms with Crippen molar-refractivity contribution in [2.75, 3.05) is 5.43 Å². The summed E-state index contributed by atoms with van der Waals surface area (Å²) in [6, 6.07) is 8.90. The zero-order valence-electron chi connectivity index (χ0n) is 7.95. The van der Waals surface area contributed by atoms with Gasteiger partial charge in [-0.25, -0.2) is 0 Å². The van der Waals surface area contributed by atoms with Gasteiger partial charge < -0.3 is 0 Å². The highest BCUT2D eigenvalue weighted by Crippen LogP contribution is 2.23. The lowest BCUT2D eigenvalue weighted by molar-refractivity contribution is 1.29. The molecule has 4 nitrogen and oxygen atoms in total. The second-order valence-electron chi connectivity index (χ2n) is 2.71. The van der Waals surface area contributed by atoms with E-state index in [0.717, 1.165) is 15.7 Å². The lowest BCUT2D eigenvalue weighted by atomic mass is 10.2. The van der Waals surface area contributed by atoms with Gasteiger partial charge in [0.1, 0.15) is 12.1 Å². The number of nitrogens with zero attached hydrogens (tertiary/aromatic N) is 3. The van der Waals surface area contributed by atoms with E-state index >= 15 is 0 Å². The predicted molar refractivity (Wildman–Crippen MR) is 61.2 cm³/mol. The molecule has 0 spiro atoms. The van der Waals surface area contributed by atoms with E-state index in [1.54, 1.807) is 12.1 Å². The SMILES string of the molecule is Cc1c(Br)cccc1NN=C(C#N)C#N. The van der Waals surface area contributed by atoms with E-state index in [4.69, 9.17) is 10.5 Å². The molecule has 0 amide bonds. The van der Waals surface area contributed by atoms with Gasteiger partial charge in [0.2, 0.25) is 5.71 Å². The average molecular weight is 263 g/mol. The Morgan fingerprint density at radius 1 is 1.40 bits per heavy atom. The van der Waals surface area contributed by atoms with Crippen LogP contribution in [0.15, 0.2) is 27.8 Å². The largest absolute Gasteiger partial charge is 0.276 e. The lowest BCUT2D eigenvalue weighted by Gasteiger charge is -2.05. The molecule has 1 aromatic rings. The van der Waals surface area contributed by atoms with Crippen molar-refractivity contribution in [3.8, 4) is 12.1 Å². The number of halogens is 1. The van der Waals surface area contributed by atoms with Crippen LogP contribution in [0.2, 0.25) is 0 Å². The number of hydrazone groups is 1. The van der Waals surface area contributed by atoms with Crippen molar-refractivity contribution in [1.29, 1.82) is 10.5 Å². The minimum Gasteiger partial charge on any atom is -0.276 e. The molecule has 1 N–H and O–H groups in total. The number of nitrogens with one attached hydrogen (secondary N) is 1. The van der Waals surface area contributed by atoms with Crippen LogP contribution in [-0.4, -0.2) is 5.71 Å². The smallest absolute Gasteiger partial charge is 0.237 e. The quantitative estimate of drug-likeness (QED) is 0.658. The van der Waals surface area contributed by atoms with Crippen molar-refractivity contribution < 1.29 is 0 Å². The van der Waals surface area contributed by atoms with Crippen LogP contribution in [0.25, 0.3) is 0 Å². The highest BCUT2D eigenvalue weighted by Gasteiger charge is 2.00. The van der Waals surface area contributed by atoms with Gasteiger partial charge in [-0.2, -0.15) is 15.6 Å². The highest BCUT2D eigenvalue weighted by atomic mass is 79.9. The molecule has 0 aliphatic heterocycles. The van der Waals surface area contributed by atoms with Crippen molar-refractivity contribution in [2.45, 2.75) is 6.92 Å². The summed E-state index contributed by atoms with van der Waals surface area (Å²) in [5.74, 6) is 0. The van der Waals surface area contributed by atoms with Gasteiger partial charge in [0, 0.05) is 4.47 Å². The first-order valence-electron chi connectivity index (χ1n) is 4.08. The Kier molecular flexibility index (Phi) is 3.84. The predicted octanol–water partition coefficient (Wildman–Crippen LogP) is 2.57. The first-order chi connectivity index (χ1) is 7.19. The van der Waals surface area contributed by atoms with Crippen LogP contribution in [-0.2, 0) is 0 Å². The fourth-order valence-electron chi connectivity index (χ4n) is 0.920. The summed E-state index contributed by atoms with van der Waals surface area (Å²) in [5.41, 5.74) is 4.19. The second kappa shape index (κ2) is 5.14. The first-order valence-corrected chi connectivity index (χ1v) is 4.87. The van der Waals surface area contributed by atoms with Crippen LogP contribution in [0.5, 0.6) is 0 Å². The Labute approximate surface area is 96.0 Å². The summed E-state index contributed by atoms with van der Waals surface area (Å²) in [4.78, 5) is 0. The molecule has 15 heavy (non-hydrogen) atoms. The zero-order chi connectivity index (χ0) is 11.3. The zero-order valence-corrected chi connectivity index (χ0v) is 9.54. The van der Waals surface area contributed by atoms with Crippen LogP contribution in [0.1, 0.15) is 5.56 Å². The van der Waals surface area contributed by atoms with E-state index in [0.29, 0.717) is 0 Å². The molecule has 0 atom stereocenters. The average Bonchev–Trinajstić information content (AvgIpc) is 2.25. The maximum absolute atomic E-state index is 8.48. The molecular weight excluding hydrogens is 256 g/mol. The van der Waals surface area contributed by atoms with E-state index in [-0.39, 0.29) is 5.71 Å². The molecule has 0 aromatic heterocycles. The molecule has 0 unspecified atom stereocenters. The van der Waals surface area contributed by atoms with E-state index in [9.17, 15) is 0 Å². The Bertz CT molecular complexity index is 463. The molecule has 1 aromatic carbocycles. The van der Waals surface area contributed by atoms with Gasteiger partial charge in [0.05, 0.1) is 5.69 Å². The molecule has 0 saturated carbocycles. The van der Waals surface area contributed by atoms with Crippen LogP contribution in [0.4, 0.5) is 5.69 Å². The molecule has 0 radical (unpaired) electrons. The molecule has 74 valence electrons. The molecule has 5 heteroatoms. The maximum Gasteiger partial charge on any atom is 0.237 e. The Balaban J connectivity index is 2.93. The standard InChI is InChI=1S/C10H7BrN4/c1-7-9(11)3-2-4-10(7)15-14-8(5-12)6-13/h2-4,15H,1H3. The van der Waals surface area contributed by atoms with Gasteiger partial charge in [-0.1, -0.05) is 22.0 Å². The number of benzene rings is 1. The van der Waals surface area contributed by atoms with Gasteiger partial charge >= 0.3 is 0 Å². The Morgan fingerprint density at radius 2 is 2.07 bits per heavy atom. The second-order valence-corrected chi connectivity index (χ2v) is 3.56. The van der Waals surface area contributed by atoms with Crippen molar-refractivity contribution in [3.05, 3.63) is 28.2 Å². The van der Waals surface area contributed by atoms with Gasteiger partial charge in [-0.15, -0.1) is 0 Å². The normalized spacial score (nSPS) is 8.53. The van der Waals surface area contributed by atoms with Crippen molar-refractivity contribution in [2.24, 2.45) is 5.10 Å². The third kappa shape index (κ3) is 2.80. The van der Waals surface area contributed by atoms with E-state index < -0.39 is 0 Å². The fraction of sp³-hybridized carbons (Fsp3) is 0.100. The Morgan fingerprint density at radius 3 is 2.67 bits per heavy atom. The van der Waals surface area contributed by atoms with Crippen molar-refractivity contribution in [3.63, 3.8) is 0 Å². The van der Waals surface area contributed by atoms with E-state index in [1.165, 1.54) is 0 Å². The number of hydrogen-bond donors (Lipinski definition) is 1. The molecular formula is C10H7BrN4. The molecule has 0 fully saturated rings. The summed E-state index contributed by atoms with van der Waals surface area (Å²) in [5, 5.41) is 20.6. The summed E-state index contributed by atoms with van der Waals surface area (Å²) in [7, 11) is 0. The minimum absolute atomic E-state index is 0.200. The topological polar surface area (TPSA) is 72.0 Å². The number of hydrogen-bond acceptors (Lipinski definition) is 4. The molecule has 1 rings (SSSR count). The summed E-state index contributed by atoms with van der Waals surface area (Å²) in [6.45, 7) is 1.90. The van der Waals surface area contributed by atoms with E-state index in [2.05, 4.69) is 26.5 Å². The third-order valence-corrected chi connectivity index (χ3v) is 2.63. The summed E-state index contributed by atoms with van der Waals surface area (Å²) >= 11 is 3.37. The molecule has 0 aliphatic carbocycles. The van der Waals surface area contributed by atoms with Gasteiger partial charge in [0.15, 0.2) is 0 Å². The number of nitriles is 2. The monoisotopic (exact) mass is 262 g/mol. The van der Waals surface area contributed by atoms with Crippen LogP contribution >= 0.6 is 15.9 Å². The molecule has 0 aliphatic rings. The van der Waals surface area contributed by atoms with Crippen LogP contribution in [0, 0.1) is 29.6 Å². The molecule has 0 heterocycles. The summed E-state index contributed by atoms with van der Waals surface area (Å²) in [6.07, 6.45) is 0. The fourth-order valence-corrected chi connectivity index (χ4v) is 1.29. The van der Waals surface area contributed by atoms with Gasteiger partial charge in [-0.05, 0) is 24.6 Å².